The molecule has 0 bridgehead atoms. The average Bonchev–Trinajstić information content (AvgIpc) is 3.88. The van der Waals surface area contributed by atoms with Gasteiger partial charge in [0.15, 0.2) is 0 Å². The Labute approximate surface area is 418 Å². The van der Waals surface area contributed by atoms with Crippen LogP contribution in [-0.2, 0) is 40.6 Å². The number of rotatable bonds is 10. The van der Waals surface area contributed by atoms with Gasteiger partial charge in [-0.2, -0.15) is 0 Å². The third-order valence-electron chi connectivity index (χ3n) is 13.7. The lowest BCUT2D eigenvalue weighted by atomic mass is 9.65. The minimum Gasteiger partial charge on any atom is -0.508 e. The van der Waals surface area contributed by atoms with Crippen LogP contribution in [0.15, 0.2) is 152 Å². The van der Waals surface area contributed by atoms with Crippen LogP contribution in [0.25, 0.3) is 0 Å². The zero-order chi connectivity index (χ0) is 50.8. The van der Waals surface area contributed by atoms with E-state index in [9.17, 15) is 24.8 Å². The van der Waals surface area contributed by atoms with Gasteiger partial charge in [-0.1, -0.05) is 84.6 Å². The maximum absolute atomic E-state index is 16.5. The van der Waals surface area contributed by atoms with Gasteiger partial charge in [0.25, 0.3) is 5.69 Å². The number of aromatic hydroxyl groups is 1. The van der Waals surface area contributed by atoms with Crippen molar-refractivity contribution in [1.29, 1.82) is 0 Å². The number of non-ortho nitro benzene ring substituents is 1. The first-order valence-corrected chi connectivity index (χ1v) is 23.5. The number of benzene rings is 6. The zero-order valence-corrected chi connectivity index (χ0v) is 39.0. The van der Waals surface area contributed by atoms with Gasteiger partial charge in [0.05, 0.1) is 48.4 Å². The Bertz CT molecular complexity index is 3160. The fraction of sp³-hybridized carbons (Fsp3) is 0.218. The van der Waals surface area contributed by atoms with Crippen molar-refractivity contribution in [2.24, 2.45) is 11.7 Å². The highest BCUT2D eigenvalue weighted by Crippen LogP contribution is 2.66. The number of imide groups is 1. The molecule has 18 nitrogen and oxygen atoms in total. The summed E-state index contributed by atoms with van der Waals surface area (Å²) in [6.45, 7) is 1.92. The summed E-state index contributed by atoms with van der Waals surface area (Å²) in [6.07, 6.45) is -2.13. The highest BCUT2D eigenvalue weighted by atomic mass is 16.6. The molecule has 6 atom stereocenters. The fourth-order valence-electron chi connectivity index (χ4n) is 10.6. The first-order chi connectivity index (χ1) is 35.4. The van der Waals surface area contributed by atoms with Crippen molar-refractivity contribution in [3.8, 4) is 17.6 Å². The van der Waals surface area contributed by atoms with Crippen LogP contribution in [0.1, 0.15) is 51.6 Å². The van der Waals surface area contributed by atoms with Gasteiger partial charge in [0.2, 0.25) is 11.8 Å². The van der Waals surface area contributed by atoms with Gasteiger partial charge in [0, 0.05) is 42.2 Å². The molecule has 5 N–H and O–H groups in total. The van der Waals surface area contributed by atoms with Gasteiger partial charge in [0.1, 0.15) is 29.9 Å². The van der Waals surface area contributed by atoms with E-state index in [0.29, 0.717) is 59.8 Å². The summed E-state index contributed by atoms with van der Waals surface area (Å²) >= 11 is 0. The monoisotopic (exact) mass is 981 g/mol. The molecule has 18 heteroatoms. The van der Waals surface area contributed by atoms with E-state index in [2.05, 4.69) is 27.4 Å². The topological polar surface area (TPSA) is 236 Å². The summed E-state index contributed by atoms with van der Waals surface area (Å²) in [5.41, 5.74) is 6.78. The van der Waals surface area contributed by atoms with Crippen molar-refractivity contribution in [1.82, 2.24) is 10.2 Å². The number of ether oxygens (including phenoxy) is 3. The number of morpholine rings is 2. The second kappa shape index (κ2) is 20.0. The molecular formula is C55H47N7O11. The zero-order valence-electron chi connectivity index (χ0n) is 39.0. The molecule has 6 aromatic carbocycles. The number of hydrogen-bond acceptors (Lipinski definition) is 13. The third-order valence-corrected chi connectivity index (χ3v) is 13.7. The van der Waals surface area contributed by atoms with Crippen LogP contribution in [0.5, 0.6) is 5.75 Å². The van der Waals surface area contributed by atoms with Crippen molar-refractivity contribution >= 4 is 52.7 Å². The fourth-order valence-corrected chi connectivity index (χ4v) is 10.6. The standard InChI is InChI=1S/C55H47N7O11/c56-53(67)57-27-7-8-34-15-26-44-43(32-34)55(52(66)60(44)54(68)72-33-35-13-20-41(21-14-35)62(69)70)45(50(64)58-39-18-22-40(23-19-39)59-28-30-71-31-29-59)47-51(65)73-48(37-11-5-2-6-12-37)46(36-9-3-1-4-10-36)61(47)49(55)38-16-24-42(63)25-17-38/h1-6,9-26,32,45-49,63H,27-31,33H2,(H,58,64)(H3,56,57,67)/t45-,46-,47-,48+,49+,55-/m0/s1. The summed E-state index contributed by atoms with van der Waals surface area (Å²) in [4.78, 5) is 90.0. The number of esters is 1. The average molecular weight is 982 g/mol. The number of urea groups is 1. The van der Waals surface area contributed by atoms with Gasteiger partial charge in [-0.05, 0) is 94.5 Å². The summed E-state index contributed by atoms with van der Waals surface area (Å²) in [5, 5.41) is 27.7. The highest BCUT2D eigenvalue weighted by molar-refractivity contribution is 6.24. The van der Waals surface area contributed by atoms with Crippen LogP contribution in [0, 0.1) is 27.9 Å². The SMILES string of the molecule is NC(=O)NCC#Cc1ccc2c(c1)[C@]1(C(=O)N2C(=O)OCc2ccc([N+](=O)[O-])cc2)[C@H](C(=O)Nc2ccc(N3CCOCC3)cc2)[C@H]2C(=O)O[C@H](c3ccccc3)[C@H](c3ccccc3)N2[C@@H]1c1ccc(O)cc1. The van der Waals surface area contributed by atoms with Gasteiger partial charge >= 0.3 is 18.1 Å². The van der Waals surface area contributed by atoms with Crippen LogP contribution >= 0.6 is 0 Å². The first kappa shape index (κ1) is 47.6. The molecule has 1 spiro atoms. The second-order valence-electron chi connectivity index (χ2n) is 17.9. The smallest absolute Gasteiger partial charge is 0.421 e. The number of phenolic OH excluding ortho intramolecular Hbond substituents is 1. The molecule has 4 heterocycles. The summed E-state index contributed by atoms with van der Waals surface area (Å²) in [5.74, 6) is 1.61. The van der Waals surface area contributed by atoms with Crippen LogP contribution in [0.3, 0.4) is 0 Å². The molecule has 368 valence electrons. The number of nitro benzene ring substituents is 1. The van der Waals surface area contributed by atoms with Crippen molar-refractivity contribution in [3.63, 3.8) is 0 Å². The maximum atomic E-state index is 16.5. The van der Waals surface area contributed by atoms with Crippen molar-refractivity contribution < 1.29 is 48.2 Å². The lowest BCUT2D eigenvalue weighted by Gasteiger charge is -2.46. The predicted octanol–water partition coefficient (Wildman–Crippen LogP) is 6.80. The number of carbonyl (C=O) groups is 5. The minimum atomic E-state index is -2.19. The number of hydrogen-bond donors (Lipinski definition) is 4. The van der Waals surface area contributed by atoms with E-state index in [0.717, 1.165) is 10.6 Å². The van der Waals surface area contributed by atoms with Crippen LogP contribution < -0.4 is 26.2 Å². The molecular weight excluding hydrogens is 935 g/mol. The highest BCUT2D eigenvalue weighted by Gasteiger charge is 2.75. The molecule has 5 amide bonds. The van der Waals surface area contributed by atoms with E-state index in [1.165, 1.54) is 42.5 Å². The Kier molecular flexibility index (Phi) is 13.0. The van der Waals surface area contributed by atoms with Gasteiger partial charge < -0.3 is 40.6 Å². The Morgan fingerprint density at radius 1 is 0.822 bits per heavy atom. The molecule has 73 heavy (non-hydrogen) atoms. The maximum Gasteiger partial charge on any atom is 0.421 e. The predicted molar refractivity (Wildman–Crippen MR) is 266 cm³/mol. The van der Waals surface area contributed by atoms with Gasteiger partial charge in [-0.3, -0.25) is 29.4 Å². The number of anilines is 3. The number of nitrogens with two attached hydrogens (primary N) is 1. The lowest BCUT2D eigenvalue weighted by Crippen LogP contribution is -2.54. The molecule has 3 fully saturated rings. The quantitative estimate of drug-likeness (QED) is 0.0479. The van der Waals surface area contributed by atoms with Gasteiger partial charge in [-0.25, -0.2) is 14.5 Å². The number of cyclic esters (lactones) is 1. The molecule has 0 aliphatic carbocycles. The Balaban J connectivity index is 1.20. The molecule has 10 rings (SSSR count). The Morgan fingerprint density at radius 3 is 2.15 bits per heavy atom. The lowest BCUT2D eigenvalue weighted by molar-refractivity contribution is -0.384. The van der Waals surface area contributed by atoms with Crippen molar-refractivity contribution in [3.05, 3.63) is 195 Å². The third kappa shape index (κ3) is 8.92. The van der Waals surface area contributed by atoms with E-state index in [-0.39, 0.29) is 29.2 Å². The summed E-state index contributed by atoms with van der Waals surface area (Å²) < 4.78 is 17.9. The minimum absolute atomic E-state index is 0.0278. The number of nitrogens with zero attached hydrogens (tertiary/aromatic N) is 4. The Morgan fingerprint density at radius 2 is 1.49 bits per heavy atom. The molecule has 0 aromatic heterocycles. The van der Waals surface area contributed by atoms with E-state index in [1.54, 1.807) is 36.4 Å². The molecule has 0 saturated carbocycles. The van der Waals surface area contributed by atoms with E-state index < -0.39 is 77.0 Å². The van der Waals surface area contributed by atoms with E-state index >= 15 is 14.4 Å². The largest absolute Gasteiger partial charge is 0.508 e. The second-order valence-corrected chi connectivity index (χ2v) is 17.9. The summed E-state index contributed by atoms with van der Waals surface area (Å²) in [7, 11) is 0. The number of phenols is 1. The first-order valence-electron chi connectivity index (χ1n) is 23.5. The van der Waals surface area contributed by atoms with Crippen molar-refractivity contribution in [2.75, 3.05) is 48.0 Å². The molecule has 4 aliphatic heterocycles. The van der Waals surface area contributed by atoms with E-state index in [4.69, 9.17) is 19.9 Å². The molecule has 0 unspecified atom stereocenters. The number of amides is 5. The molecule has 4 aliphatic rings. The molecule has 3 saturated heterocycles. The molecule has 6 aromatic rings. The number of carbonyl (C=O) groups excluding carboxylic acids is 5. The van der Waals surface area contributed by atoms with Crippen LogP contribution in [-0.4, -0.2) is 83.7 Å². The number of primary amides is 1. The van der Waals surface area contributed by atoms with Crippen LogP contribution in [0.4, 0.5) is 32.3 Å². The Hall–Kier alpha value is -9.05. The van der Waals surface area contributed by atoms with E-state index in [1.807, 2.05) is 77.7 Å². The van der Waals surface area contributed by atoms with Crippen molar-refractivity contribution in [2.45, 2.75) is 36.3 Å². The normalized spacial score (nSPS) is 22.1. The number of nitro groups is 1. The van der Waals surface area contributed by atoms with Crippen LogP contribution in [0.2, 0.25) is 0 Å². The summed E-state index contributed by atoms with van der Waals surface area (Å²) in [6, 6.07) is 37.3. The molecule has 0 radical (unpaired) electrons. The number of nitrogens with one attached hydrogen (secondary N) is 2. The van der Waals surface area contributed by atoms with Gasteiger partial charge in [-0.15, -0.1) is 0 Å². The number of fused-ring (bicyclic) bond motifs is 3.